The second-order valence-electron chi connectivity index (χ2n) is 8.64. The molecule has 0 aliphatic rings. The summed E-state index contributed by atoms with van der Waals surface area (Å²) in [6.07, 6.45) is 0. The van der Waals surface area contributed by atoms with Gasteiger partial charge in [0, 0.05) is 24.3 Å². The van der Waals surface area contributed by atoms with Crippen LogP contribution >= 0.6 is 0 Å². The fraction of sp³-hybridized carbons (Fsp3) is 0.286. The van der Waals surface area contributed by atoms with Crippen molar-refractivity contribution in [2.75, 3.05) is 31.7 Å². The van der Waals surface area contributed by atoms with Crippen molar-refractivity contribution < 1.29 is 53.8 Å². The van der Waals surface area contributed by atoms with E-state index in [0.717, 1.165) is 43.8 Å². The molecule has 11 heteroatoms. The third kappa shape index (κ3) is 7.43. The first-order valence-corrected chi connectivity index (χ1v) is 12.2. The fourth-order valence-electron chi connectivity index (χ4n) is 4.20. The van der Waals surface area contributed by atoms with Gasteiger partial charge in [0.1, 0.15) is 13.2 Å². The second-order valence-corrected chi connectivity index (χ2v) is 8.64. The smallest absolute Gasteiger partial charge is 0.487 e. The number of nitrogens with one attached hydrogen (secondary N) is 1. The molecule has 0 aliphatic heterocycles. The maximum atomic E-state index is 11.6. The number of aliphatic hydroxyl groups excluding tert-OH is 2. The Morgan fingerprint density at radius 1 is 0.897 bits per heavy atom. The Hall–Kier alpha value is -3.28. The first kappa shape index (κ1) is 30.3. The largest absolute Gasteiger partial charge is 1.00 e. The van der Waals surface area contributed by atoms with E-state index < -0.39 is 11.4 Å². The third-order valence-electron chi connectivity index (χ3n) is 6.14. The average molecular weight is 544 g/mol. The van der Waals surface area contributed by atoms with Gasteiger partial charge in [0.25, 0.3) is 0 Å². The van der Waals surface area contributed by atoms with E-state index in [1.165, 1.54) is 0 Å². The van der Waals surface area contributed by atoms with Crippen molar-refractivity contribution in [3.63, 3.8) is 0 Å². The molecule has 0 radical (unpaired) electrons. The number of rotatable bonds is 12. The van der Waals surface area contributed by atoms with Gasteiger partial charge in [-0.2, -0.15) is 0 Å². The molecule has 0 atom stereocenters. The van der Waals surface area contributed by atoms with Crippen LogP contribution in [0.1, 0.15) is 22.3 Å². The molecule has 39 heavy (non-hydrogen) atoms. The number of hydrogen-bond acceptors (Lipinski definition) is 8. The van der Waals surface area contributed by atoms with Crippen LogP contribution in [-0.2, 0) is 13.1 Å². The first-order chi connectivity index (χ1) is 18.4. The molecule has 4 rings (SSSR count). The molecule has 0 bridgehead atoms. The van der Waals surface area contributed by atoms with Crippen LogP contribution in [0.15, 0.2) is 68.7 Å². The van der Waals surface area contributed by atoms with Crippen LogP contribution in [0.5, 0.6) is 11.5 Å². The van der Waals surface area contributed by atoms with Crippen LogP contribution in [0.2, 0.25) is 0 Å². The molecule has 4 aromatic rings. The van der Waals surface area contributed by atoms with Gasteiger partial charge in [-0.1, -0.05) is 36.4 Å². The summed E-state index contributed by atoms with van der Waals surface area (Å²) in [5, 5.41) is 21.8. The number of anilines is 1. The van der Waals surface area contributed by atoms with Crippen molar-refractivity contribution in [2.24, 2.45) is 0 Å². The zero-order valence-corrected chi connectivity index (χ0v) is 24.3. The molecule has 0 aliphatic carbocycles. The summed E-state index contributed by atoms with van der Waals surface area (Å²) in [6.45, 7) is 4.78. The molecule has 0 unspecified atom stereocenters. The maximum absolute atomic E-state index is 11.6. The third-order valence-corrected chi connectivity index (χ3v) is 6.14. The van der Waals surface area contributed by atoms with Gasteiger partial charge < -0.3 is 34.5 Å². The zero-order valence-electron chi connectivity index (χ0n) is 22.3. The molecule has 0 fully saturated rings. The van der Waals surface area contributed by atoms with Crippen LogP contribution < -0.4 is 60.8 Å². The first-order valence-electron chi connectivity index (χ1n) is 12.2. The molecule has 200 valence electrons. The monoisotopic (exact) mass is 543 g/mol. The molecule has 1 aromatic heterocycles. The SMILES string of the molecule is Cc1c(CNc2ccc(Cn3oc(=O)[n-]c3=O)cc2)cccc1-c1ccc(OCCO)c(OCCO)c1C.[Na+]. The summed E-state index contributed by atoms with van der Waals surface area (Å²) in [7, 11) is 0. The van der Waals surface area contributed by atoms with Crippen LogP contribution in [-0.4, -0.2) is 41.4 Å². The minimum atomic E-state index is -0.902. The summed E-state index contributed by atoms with van der Waals surface area (Å²) >= 11 is 0. The van der Waals surface area contributed by atoms with Gasteiger partial charge in [0.15, 0.2) is 17.2 Å². The van der Waals surface area contributed by atoms with Crippen LogP contribution in [0.25, 0.3) is 11.1 Å². The Morgan fingerprint density at radius 2 is 1.59 bits per heavy atom. The van der Waals surface area contributed by atoms with Crippen molar-refractivity contribution in [1.29, 1.82) is 0 Å². The van der Waals surface area contributed by atoms with Gasteiger partial charge in [0.05, 0.1) is 13.2 Å². The maximum Gasteiger partial charge on any atom is 1.00 e. The zero-order chi connectivity index (χ0) is 27.1. The van der Waals surface area contributed by atoms with Gasteiger partial charge in [-0.05, 0) is 59.9 Å². The van der Waals surface area contributed by atoms with Gasteiger partial charge in [-0.15, -0.1) is 0 Å². The van der Waals surface area contributed by atoms with Gasteiger partial charge in [-0.25, -0.2) is 4.79 Å². The summed E-state index contributed by atoms with van der Waals surface area (Å²) in [4.78, 5) is 25.9. The van der Waals surface area contributed by atoms with Crippen molar-refractivity contribution in [1.82, 2.24) is 9.72 Å². The fourth-order valence-corrected chi connectivity index (χ4v) is 4.20. The van der Waals surface area contributed by atoms with E-state index in [1.54, 1.807) is 0 Å². The Bertz CT molecular complexity index is 1490. The van der Waals surface area contributed by atoms with Crippen LogP contribution in [0, 0.1) is 13.8 Å². The summed E-state index contributed by atoms with van der Waals surface area (Å²) in [5.41, 5.74) is 6.13. The van der Waals surface area contributed by atoms with E-state index >= 15 is 0 Å². The number of nitrogens with zero attached hydrogens (tertiary/aromatic N) is 2. The minimum Gasteiger partial charge on any atom is -0.487 e. The molecule has 0 saturated heterocycles. The molecule has 3 aromatic carbocycles. The van der Waals surface area contributed by atoms with E-state index in [2.05, 4.69) is 29.4 Å². The summed E-state index contributed by atoms with van der Waals surface area (Å²) in [5.74, 6) is 0.169. The van der Waals surface area contributed by atoms with E-state index in [-0.39, 0.29) is 62.5 Å². The Morgan fingerprint density at radius 3 is 2.26 bits per heavy atom. The normalized spacial score (nSPS) is 10.7. The van der Waals surface area contributed by atoms with Crippen molar-refractivity contribution in [2.45, 2.75) is 26.9 Å². The number of hydrogen-bond donors (Lipinski definition) is 3. The number of aromatic nitrogens is 2. The molecule has 0 saturated carbocycles. The summed E-state index contributed by atoms with van der Waals surface area (Å²) < 4.78 is 17.1. The van der Waals surface area contributed by atoms with Crippen LogP contribution in [0.4, 0.5) is 5.69 Å². The Kier molecular flexibility index (Phi) is 11.0. The summed E-state index contributed by atoms with van der Waals surface area (Å²) in [6, 6.07) is 17.4. The minimum absolute atomic E-state index is 0. The van der Waals surface area contributed by atoms with E-state index in [1.807, 2.05) is 49.4 Å². The van der Waals surface area contributed by atoms with E-state index in [9.17, 15) is 14.7 Å². The average Bonchev–Trinajstić information content (AvgIpc) is 3.23. The topological polar surface area (TPSA) is 137 Å². The predicted molar refractivity (Wildman–Crippen MR) is 142 cm³/mol. The number of benzene rings is 3. The van der Waals surface area contributed by atoms with Crippen LogP contribution in [0.3, 0.4) is 0 Å². The predicted octanol–water partition coefficient (Wildman–Crippen LogP) is -0.551. The Balaban J connectivity index is 0.00000420. The van der Waals surface area contributed by atoms with E-state index in [0.29, 0.717) is 18.0 Å². The quantitative estimate of drug-likeness (QED) is 0.201. The molecule has 0 amide bonds. The van der Waals surface area contributed by atoms with Crippen molar-refractivity contribution in [3.05, 3.63) is 97.9 Å². The molecular weight excluding hydrogens is 513 g/mol. The number of ether oxygens (including phenoxy) is 2. The van der Waals surface area contributed by atoms with E-state index in [4.69, 9.17) is 19.1 Å². The van der Waals surface area contributed by atoms with Gasteiger partial charge in [0.2, 0.25) is 0 Å². The molecular formula is C28H30N3NaO7. The molecule has 0 spiro atoms. The second kappa shape index (κ2) is 14.2. The van der Waals surface area contributed by atoms with Crippen molar-refractivity contribution in [3.8, 4) is 22.6 Å². The molecule has 1 heterocycles. The molecule has 10 nitrogen and oxygen atoms in total. The van der Waals surface area contributed by atoms with Gasteiger partial charge >= 0.3 is 35.3 Å². The van der Waals surface area contributed by atoms with Gasteiger partial charge in [-0.3, -0.25) is 9.53 Å². The molecule has 3 N–H and O–H groups in total. The standard InChI is InChI=1S/C28H31N3O7.Na/c1-18-21(16-29-22-8-6-20(7-9-22)17-31-27(34)30-28(35)38-31)4-3-5-23(18)24-10-11-25(36-14-12-32)26(19(24)2)37-15-13-33;/h3-11,29,32-33H,12-17H2,1-2H3,(H,30,34,35);/q;+1/p-1. The Labute approximate surface area is 247 Å². The van der Waals surface area contributed by atoms with Crippen molar-refractivity contribution >= 4 is 5.69 Å². The number of aliphatic hydroxyl groups is 2.